The molecule has 0 aliphatic rings. The molecule has 0 radical (unpaired) electrons. The van der Waals surface area contributed by atoms with E-state index < -0.39 is 0 Å². The zero-order valence-corrected chi connectivity index (χ0v) is 12.4. The molecule has 2 aromatic heterocycles. The molecular formula is C14H19N3O3. The van der Waals surface area contributed by atoms with E-state index in [0.717, 1.165) is 11.3 Å². The number of aryl methyl sites for hydroxylation is 2. The normalized spacial score (nSPS) is 11.7. The highest BCUT2D eigenvalue weighted by Gasteiger charge is 2.19. The molecular weight excluding hydrogens is 258 g/mol. The van der Waals surface area contributed by atoms with Gasteiger partial charge in [0.05, 0.1) is 5.56 Å². The maximum atomic E-state index is 11.8. The highest BCUT2D eigenvalue weighted by molar-refractivity contribution is 5.89. The number of carbonyl (C=O) groups is 1. The van der Waals surface area contributed by atoms with Crippen LogP contribution in [-0.4, -0.2) is 16.1 Å². The number of hydrogen-bond acceptors (Lipinski definition) is 5. The molecule has 0 unspecified atom stereocenters. The summed E-state index contributed by atoms with van der Waals surface area (Å²) in [5.74, 6) is 1.67. The predicted octanol–water partition coefficient (Wildman–Crippen LogP) is 3.32. The fraction of sp³-hybridized carbons (Fsp3) is 0.500. The molecule has 0 aliphatic heterocycles. The van der Waals surface area contributed by atoms with Crippen LogP contribution in [-0.2, 0) is 4.79 Å². The van der Waals surface area contributed by atoms with Gasteiger partial charge in [-0.05, 0) is 25.3 Å². The highest BCUT2D eigenvalue weighted by atomic mass is 16.4. The average molecular weight is 277 g/mol. The van der Waals surface area contributed by atoms with E-state index in [1.54, 1.807) is 0 Å². The Balaban J connectivity index is 2.10. The van der Waals surface area contributed by atoms with Gasteiger partial charge in [-0.1, -0.05) is 25.9 Å². The first-order valence-corrected chi connectivity index (χ1v) is 6.45. The molecule has 2 heterocycles. The summed E-state index contributed by atoms with van der Waals surface area (Å²) in [6, 6.07) is 1.93. The summed E-state index contributed by atoms with van der Waals surface area (Å²) in [7, 11) is 0. The Morgan fingerprint density at radius 3 is 2.50 bits per heavy atom. The van der Waals surface area contributed by atoms with Crippen LogP contribution >= 0.6 is 0 Å². The molecule has 0 saturated heterocycles. The topological polar surface area (TPSA) is 81.2 Å². The van der Waals surface area contributed by atoms with Crippen LogP contribution in [0.2, 0.25) is 0 Å². The molecule has 0 aromatic carbocycles. The molecule has 6 nitrogen and oxygen atoms in total. The maximum absolute atomic E-state index is 11.8. The smallest absolute Gasteiger partial charge is 0.322 e. The summed E-state index contributed by atoms with van der Waals surface area (Å²) in [4.78, 5) is 11.8. The first-order chi connectivity index (χ1) is 9.24. The second-order valence-electron chi connectivity index (χ2n) is 6.02. The van der Waals surface area contributed by atoms with Gasteiger partial charge in [0.2, 0.25) is 5.91 Å². The largest absolute Gasteiger partial charge is 0.466 e. The molecule has 0 spiro atoms. The number of anilines is 1. The Labute approximate surface area is 117 Å². The van der Waals surface area contributed by atoms with Crippen molar-refractivity contribution in [1.82, 2.24) is 10.2 Å². The van der Waals surface area contributed by atoms with Crippen LogP contribution in [0.15, 0.2) is 14.9 Å². The van der Waals surface area contributed by atoms with Crippen molar-refractivity contribution in [2.75, 3.05) is 5.32 Å². The van der Waals surface area contributed by atoms with E-state index >= 15 is 0 Å². The zero-order valence-electron chi connectivity index (χ0n) is 12.4. The van der Waals surface area contributed by atoms with Crippen LogP contribution in [0, 0.1) is 19.3 Å². The molecule has 1 N–H and O–H groups in total. The van der Waals surface area contributed by atoms with Crippen molar-refractivity contribution >= 4 is 11.9 Å². The van der Waals surface area contributed by atoms with Gasteiger partial charge in [0.15, 0.2) is 0 Å². The van der Waals surface area contributed by atoms with Crippen molar-refractivity contribution in [3.05, 3.63) is 17.6 Å². The highest BCUT2D eigenvalue weighted by Crippen LogP contribution is 2.26. The first-order valence-electron chi connectivity index (χ1n) is 6.45. The van der Waals surface area contributed by atoms with Crippen molar-refractivity contribution in [2.45, 2.75) is 41.0 Å². The Kier molecular flexibility index (Phi) is 3.65. The Bertz CT molecular complexity index is 620. The van der Waals surface area contributed by atoms with Crippen LogP contribution in [0.25, 0.3) is 11.5 Å². The van der Waals surface area contributed by atoms with Gasteiger partial charge in [0, 0.05) is 6.42 Å². The van der Waals surface area contributed by atoms with Crippen LogP contribution < -0.4 is 5.32 Å². The van der Waals surface area contributed by atoms with Gasteiger partial charge in [-0.15, -0.1) is 5.10 Å². The van der Waals surface area contributed by atoms with Gasteiger partial charge in [0.1, 0.15) is 11.5 Å². The molecule has 2 aromatic rings. The lowest BCUT2D eigenvalue weighted by Crippen LogP contribution is -2.19. The quantitative estimate of drug-likeness (QED) is 0.930. The fourth-order valence-electron chi connectivity index (χ4n) is 1.87. The molecule has 0 atom stereocenters. The second kappa shape index (κ2) is 5.11. The molecule has 0 fully saturated rings. The summed E-state index contributed by atoms with van der Waals surface area (Å²) >= 11 is 0. The van der Waals surface area contributed by atoms with Gasteiger partial charge >= 0.3 is 6.01 Å². The van der Waals surface area contributed by atoms with E-state index in [1.807, 2.05) is 40.7 Å². The standard InChI is InChI=1S/C14H19N3O3/c1-8-6-10(9(2)19-8)12-16-17-13(20-12)15-11(18)7-14(3,4)5/h6H,7H2,1-5H3,(H,15,17,18). The molecule has 0 bridgehead atoms. The summed E-state index contributed by atoms with van der Waals surface area (Å²) in [5, 5.41) is 10.3. The van der Waals surface area contributed by atoms with E-state index in [2.05, 4.69) is 15.5 Å². The van der Waals surface area contributed by atoms with E-state index in [-0.39, 0.29) is 17.3 Å². The van der Waals surface area contributed by atoms with E-state index in [1.165, 1.54) is 0 Å². The second-order valence-corrected chi connectivity index (χ2v) is 6.02. The van der Waals surface area contributed by atoms with E-state index in [9.17, 15) is 4.79 Å². The molecule has 6 heteroatoms. The number of aromatic nitrogens is 2. The lowest BCUT2D eigenvalue weighted by molar-refractivity contribution is -0.117. The van der Waals surface area contributed by atoms with Gasteiger partial charge in [-0.25, -0.2) is 0 Å². The number of nitrogens with zero attached hydrogens (tertiary/aromatic N) is 2. The summed E-state index contributed by atoms with van der Waals surface area (Å²) in [6.07, 6.45) is 0.383. The number of furan rings is 1. The van der Waals surface area contributed by atoms with Crippen LogP contribution in [0.1, 0.15) is 38.7 Å². The van der Waals surface area contributed by atoms with Gasteiger partial charge in [0.25, 0.3) is 5.89 Å². The molecule has 0 aliphatic carbocycles. The van der Waals surface area contributed by atoms with Gasteiger partial charge in [-0.2, -0.15) is 0 Å². The SMILES string of the molecule is Cc1cc(-c2nnc(NC(=O)CC(C)(C)C)o2)c(C)o1. The molecule has 108 valence electrons. The predicted molar refractivity (Wildman–Crippen MR) is 74.2 cm³/mol. The van der Waals surface area contributed by atoms with Crippen molar-refractivity contribution in [1.29, 1.82) is 0 Å². The number of nitrogens with one attached hydrogen (secondary N) is 1. The third-order valence-electron chi connectivity index (χ3n) is 2.63. The van der Waals surface area contributed by atoms with Crippen LogP contribution in [0.4, 0.5) is 6.01 Å². The minimum atomic E-state index is -0.146. The molecule has 1 amide bonds. The van der Waals surface area contributed by atoms with Crippen molar-refractivity contribution in [2.24, 2.45) is 5.41 Å². The third-order valence-corrected chi connectivity index (χ3v) is 2.63. The van der Waals surface area contributed by atoms with Crippen LogP contribution in [0.3, 0.4) is 0 Å². The Hall–Kier alpha value is -2.11. The number of amides is 1. The summed E-state index contributed by atoms with van der Waals surface area (Å²) < 4.78 is 10.8. The zero-order chi connectivity index (χ0) is 14.9. The average Bonchev–Trinajstić information content (AvgIpc) is 2.82. The first kappa shape index (κ1) is 14.3. The monoisotopic (exact) mass is 277 g/mol. The molecule has 20 heavy (non-hydrogen) atoms. The van der Waals surface area contributed by atoms with Gasteiger partial charge < -0.3 is 8.83 Å². The minimum Gasteiger partial charge on any atom is -0.466 e. The van der Waals surface area contributed by atoms with E-state index in [0.29, 0.717) is 18.1 Å². The number of carbonyl (C=O) groups excluding carboxylic acids is 1. The maximum Gasteiger partial charge on any atom is 0.322 e. The molecule has 2 rings (SSSR count). The van der Waals surface area contributed by atoms with E-state index in [4.69, 9.17) is 8.83 Å². The number of hydrogen-bond donors (Lipinski definition) is 1. The number of rotatable bonds is 3. The lowest BCUT2D eigenvalue weighted by atomic mass is 9.92. The van der Waals surface area contributed by atoms with Gasteiger partial charge in [-0.3, -0.25) is 10.1 Å². The Morgan fingerprint density at radius 2 is 1.95 bits per heavy atom. The fourth-order valence-corrected chi connectivity index (χ4v) is 1.87. The summed E-state index contributed by atoms with van der Waals surface area (Å²) in [5.41, 5.74) is 0.650. The Morgan fingerprint density at radius 1 is 1.25 bits per heavy atom. The van der Waals surface area contributed by atoms with Crippen LogP contribution in [0.5, 0.6) is 0 Å². The molecule has 0 saturated carbocycles. The van der Waals surface area contributed by atoms with Crippen molar-refractivity contribution < 1.29 is 13.6 Å². The summed E-state index contributed by atoms with van der Waals surface area (Å²) in [6.45, 7) is 9.64. The lowest BCUT2D eigenvalue weighted by Gasteiger charge is -2.15. The third kappa shape index (κ3) is 3.46. The minimum absolute atomic E-state index is 0.0921. The van der Waals surface area contributed by atoms with Crippen molar-refractivity contribution in [3.63, 3.8) is 0 Å². The van der Waals surface area contributed by atoms with Crippen molar-refractivity contribution in [3.8, 4) is 11.5 Å².